The first-order chi connectivity index (χ1) is 7.86. The van der Waals surface area contributed by atoms with Crippen LogP contribution in [0.3, 0.4) is 0 Å². The van der Waals surface area contributed by atoms with Crippen molar-refractivity contribution in [2.45, 2.75) is 18.8 Å². The van der Waals surface area contributed by atoms with Gasteiger partial charge >= 0.3 is 0 Å². The first-order valence-corrected chi connectivity index (χ1v) is 6.35. The average molecular weight is 281 g/mol. The van der Waals surface area contributed by atoms with E-state index >= 15 is 0 Å². The van der Waals surface area contributed by atoms with E-state index in [1.165, 1.54) is 0 Å². The molecule has 0 aromatic carbocycles. The lowest BCUT2D eigenvalue weighted by Gasteiger charge is -2.20. The van der Waals surface area contributed by atoms with Crippen LogP contribution in [0.2, 0.25) is 0 Å². The van der Waals surface area contributed by atoms with Crippen LogP contribution >= 0.6 is 15.9 Å². The fourth-order valence-electron chi connectivity index (χ4n) is 2.26. The highest BCUT2D eigenvalue weighted by atomic mass is 79.9. The van der Waals surface area contributed by atoms with E-state index in [9.17, 15) is 0 Å². The predicted octanol–water partition coefficient (Wildman–Crippen LogP) is 1.96. The number of fused-ring (bicyclic) bond motifs is 1. The average Bonchev–Trinajstić information content (AvgIpc) is 2.75. The summed E-state index contributed by atoms with van der Waals surface area (Å²) >= 11 is 3.50. The fourth-order valence-corrected chi connectivity index (χ4v) is 2.68. The van der Waals surface area contributed by atoms with Crippen molar-refractivity contribution >= 4 is 21.6 Å². The molecule has 3 rings (SSSR count). The van der Waals surface area contributed by atoms with Crippen molar-refractivity contribution in [2.24, 2.45) is 0 Å². The van der Waals surface area contributed by atoms with E-state index in [4.69, 9.17) is 0 Å². The van der Waals surface area contributed by atoms with Crippen LogP contribution in [-0.4, -0.2) is 27.7 Å². The molecule has 0 bridgehead atoms. The summed E-state index contributed by atoms with van der Waals surface area (Å²) in [6.45, 7) is 2.15. The molecule has 1 fully saturated rings. The van der Waals surface area contributed by atoms with Crippen LogP contribution in [0.5, 0.6) is 0 Å². The van der Waals surface area contributed by atoms with Crippen LogP contribution in [-0.2, 0) is 0 Å². The number of rotatable bonds is 1. The molecule has 4 nitrogen and oxygen atoms in total. The molecular formula is C11H13BrN4. The third kappa shape index (κ3) is 1.64. The quantitative estimate of drug-likeness (QED) is 0.869. The van der Waals surface area contributed by atoms with Gasteiger partial charge in [-0.3, -0.25) is 4.40 Å². The summed E-state index contributed by atoms with van der Waals surface area (Å²) < 4.78 is 3.10. The second-order valence-electron chi connectivity index (χ2n) is 4.13. The first-order valence-electron chi connectivity index (χ1n) is 5.56. The Bertz CT molecular complexity index is 502. The summed E-state index contributed by atoms with van der Waals surface area (Å²) in [5.74, 6) is 1.63. The highest BCUT2D eigenvalue weighted by Gasteiger charge is 2.20. The number of hydrogen-bond acceptors (Lipinski definition) is 3. The Kier molecular flexibility index (Phi) is 2.65. The molecule has 2 aromatic rings. The van der Waals surface area contributed by atoms with Crippen molar-refractivity contribution in [3.8, 4) is 0 Å². The molecule has 16 heavy (non-hydrogen) atoms. The van der Waals surface area contributed by atoms with E-state index in [-0.39, 0.29) is 0 Å². The molecule has 0 unspecified atom stereocenters. The molecule has 1 saturated heterocycles. The number of nitrogens with one attached hydrogen (secondary N) is 1. The minimum absolute atomic E-state index is 0.533. The van der Waals surface area contributed by atoms with Gasteiger partial charge in [0.15, 0.2) is 5.65 Å². The van der Waals surface area contributed by atoms with E-state index in [0.717, 1.165) is 41.9 Å². The number of piperidine rings is 1. The highest BCUT2D eigenvalue weighted by Crippen LogP contribution is 2.25. The fraction of sp³-hybridized carbons (Fsp3) is 0.455. The molecule has 2 aromatic heterocycles. The number of nitrogens with zero attached hydrogens (tertiary/aromatic N) is 3. The van der Waals surface area contributed by atoms with Crippen LogP contribution in [0.1, 0.15) is 24.6 Å². The van der Waals surface area contributed by atoms with E-state index in [1.807, 2.05) is 18.3 Å². The molecule has 1 N–H and O–H groups in total. The first kappa shape index (κ1) is 10.2. The Morgan fingerprint density at radius 3 is 2.94 bits per heavy atom. The molecule has 3 heterocycles. The number of hydrogen-bond donors (Lipinski definition) is 1. The van der Waals surface area contributed by atoms with Gasteiger partial charge in [-0.05, 0) is 54.0 Å². The molecule has 84 valence electrons. The van der Waals surface area contributed by atoms with Gasteiger partial charge in [0.05, 0.1) is 4.47 Å². The summed E-state index contributed by atoms with van der Waals surface area (Å²) in [4.78, 5) is 0. The minimum Gasteiger partial charge on any atom is -0.317 e. The zero-order chi connectivity index (χ0) is 11.0. The van der Waals surface area contributed by atoms with Gasteiger partial charge in [-0.1, -0.05) is 0 Å². The summed E-state index contributed by atoms with van der Waals surface area (Å²) in [6.07, 6.45) is 4.33. The molecule has 0 aliphatic carbocycles. The Morgan fingerprint density at radius 2 is 2.12 bits per heavy atom. The van der Waals surface area contributed by atoms with Gasteiger partial charge in [0.25, 0.3) is 0 Å². The van der Waals surface area contributed by atoms with Crippen molar-refractivity contribution in [3.63, 3.8) is 0 Å². The topological polar surface area (TPSA) is 42.2 Å². The molecular weight excluding hydrogens is 268 g/mol. The molecule has 0 spiro atoms. The molecule has 0 amide bonds. The van der Waals surface area contributed by atoms with Crippen molar-refractivity contribution in [1.82, 2.24) is 19.9 Å². The van der Waals surface area contributed by atoms with Gasteiger partial charge in [-0.15, -0.1) is 10.2 Å². The molecule has 0 radical (unpaired) electrons. The van der Waals surface area contributed by atoms with E-state index in [1.54, 1.807) is 0 Å². The van der Waals surface area contributed by atoms with Crippen LogP contribution in [0.25, 0.3) is 5.65 Å². The SMILES string of the molecule is Brc1cccn2c(C3CCNCC3)nnc12. The molecule has 1 aliphatic heterocycles. The zero-order valence-electron chi connectivity index (χ0n) is 8.86. The minimum atomic E-state index is 0.533. The Balaban J connectivity index is 2.06. The van der Waals surface area contributed by atoms with Gasteiger partial charge in [0.1, 0.15) is 5.82 Å². The lowest BCUT2D eigenvalue weighted by Crippen LogP contribution is -2.27. The number of aromatic nitrogens is 3. The van der Waals surface area contributed by atoms with Gasteiger partial charge in [0, 0.05) is 12.1 Å². The molecule has 1 aliphatic rings. The van der Waals surface area contributed by atoms with E-state index in [0.29, 0.717) is 5.92 Å². The largest absolute Gasteiger partial charge is 0.317 e. The van der Waals surface area contributed by atoms with Crippen molar-refractivity contribution in [2.75, 3.05) is 13.1 Å². The third-order valence-electron chi connectivity index (χ3n) is 3.12. The Labute approximate surface area is 102 Å². The lowest BCUT2D eigenvalue weighted by molar-refractivity contribution is 0.442. The van der Waals surface area contributed by atoms with Crippen molar-refractivity contribution in [1.29, 1.82) is 0 Å². The van der Waals surface area contributed by atoms with Crippen LogP contribution in [0.15, 0.2) is 22.8 Å². The maximum Gasteiger partial charge on any atom is 0.175 e. The predicted molar refractivity (Wildman–Crippen MR) is 65.5 cm³/mol. The Morgan fingerprint density at radius 1 is 1.31 bits per heavy atom. The second-order valence-corrected chi connectivity index (χ2v) is 4.99. The van der Waals surface area contributed by atoms with Crippen molar-refractivity contribution in [3.05, 3.63) is 28.6 Å². The van der Waals surface area contributed by atoms with Gasteiger partial charge in [0.2, 0.25) is 0 Å². The third-order valence-corrected chi connectivity index (χ3v) is 3.74. The summed E-state index contributed by atoms with van der Waals surface area (Å²) in [5.41, 5.74) is 0.913. The van der Waals surface area contributed by atoms with Gasteiger partial charge in [-0.2, -0.15) is 0 Å². The second kappa shape index (κ2) is 4.14. The molecule has 0 saturated carbocycles. The number of pyridine rings is 1. The zero-order valence-corrected chi connectivity index (χ0v) is 10.4. The summed E-state index contributed by atoms with van der Waals surface area (Å²) in [7, 11) is 0. The maximum atomic E-state index is 4.34. The summed E-state index contributed by atoms with van der Waals surface area (Å²) in [6, 6.07) is 4.02. The normalized spacial score (nSPS) is 18.1. The lowest BCUT2D eigenvalue weighted by atomic mass is 9.97. The maximum absolute atomic E-state index is 4.34. The van der Waals surface area contributed by atoms with Crippen molar-refractivity contribution < 1.29 is 0 Å². The summed E-state index contributed by atoms with van der Waals surface area (Å²) in [5, 5.41) is 11.9. The van der Waals surface area contributed by atoms with Gasteiger partial charge in [-0.25, -0.2) is 0 Å². The van der Waals surface area contributed by atoms with E-state index < -0.39 is 0 Å². The molecule has 5 heteroatoms. The standard InChI is InChI=1S/C11H13BrN4/c12-9-2-1-7-16-10(14-15-11(9)16)8-3-5-13-6-4-8/h1-2,7-8,13H,3-6H2. The molecule has 0 atom stereocenters. The monoisotopic (exact) mass is 280 g/mol. The highest BCUT2D eigenvalue weighted by molar-refractivity contribution is 9.10. The number of halogens is 1. The van der Waals surface area contributed by atoms with Crippen LogP contribution in [0, 0.1) is 0 Å². The Hall–Kier alpha value is -0.940. The smallest absolute Gasteiger partial charge is 0.175 e. The van der Waals surface area contributed by atoms with E-state index in [2.05, 4.69) is 35.8 Å². The van der Waals surface area contributed by atoms with Crippen LogP contribution in [0.4, 0.5) is 0 Å². The van der Waals surface area contributed by atoms with Gasteiger partial charge < -0.3 is 5.32 Å². The van der Waals surface area contributed by atoms with Crippen LogP contribution < -0.4 is 5.32 Å².